The highest BCUT2D eigenvalue weighted by Crippen LogP contribution is 2.18. The number of aromatic nitrogens is 4. The van der Waals surface area contributed by atoms with Crippen molar-refractivity contribution in [2.24, 2.45) is 0 Å². The van der Waals surface area contributed by atoms with Crippen LogP contribution >= 0.6 is 31.9 Å². The van der Waals surface area contributed by atoms with Gasteiger partial charge < -0.3 is 0 Å². The molecule has 0 aliphatic rings. The Hall–Kier alpha value is -0.750. The lowest BCUT2D eigenvalue weighted by molar-refractivity contribution is 0.647. The van der Waals surface area contributed by atoms with E-state index >= 15 is 0 Å². The van der Waals surface area contributed by atoms with Crippen LogP contribution < -0.4 is 0 Å². The van der Waals surface area contributed by atoms with Gasteiger partial charge in [-0.25, -0.2) is 4.68 Å². The van der Waals surface area contributed by atoms with E-state index in [1.165, 1.54) is 0 Å². The van der Waals surface area contributed by atoms with Gasteiger partial charge in [-0.3, -0.25) is 4.98 Å². The van der Waals surface area contributed by atoms with Crippen LogP contribution in [0.2, 0.25) is 0 Å². The lowest BCUT2D eigenvalue weighted by atomic mass is 10.3. The minimum Gasteiger partial charge on any atom is -0.263 e. The quantitative estimate of drug-likeness (QED) is 0.803. The Morgan fingerprint density at radius 2 is 2.25 bits per heavy atom. The Bertz CT molecular complexity index is 481. The van der Waals surface area contributed by atoms with Crippen molar-refractivity contribution in [1.82, 2.24) is 20.0 Å². The minimum atomic E-state index is 0.224. The summed E-state index contributed by atoms with van der Waals surface area (Å²) in [5.74, 6) is 0. The molecule has 2 aromatic rings. The van der Waals surface area contributed by atoms with Gasteiger partial charge >= 0.3 is 0 Å². The molecule has 1 unspecified atom stereocenters. The topological polar surface area (TPSA) is 43.6 Å². The van der Waals surface area contributed by atoms with Gasteiger partial charge in [0.25, 0.3) is 0 Å². The molecule has 4 nitrogen and oxygen atoms in total. The number of pyridine rings is 1. The molecule has 2 aromatic heterocycles. The summed E-state index contributed by atoms with van der Waals surface area (Å²) in [7, 11) is 0. The van der Waals surface area contributed by atoms with Crippen molar-refractivity contribution in [1.29, 1.82) is 0 Å². The lowest BCUT2D eigenvalue weighted by Gasteiger charge is -2.00. The summed E-state index contributed by atoms with van der Waals surface area (Å²) in [4.78, 5) is 4.33. The summed E-state index contributed by atoms with van der Waals surface area (Å²) >= 11 is 6.85. The molecule has 0 radical (unpaired) electrons. The molecule has 0 spiro atoms. The Morgan fingerprint density at radius 1 is 1.44 bits per heavy atom. The molecule has 0 amide bonds. The smallest absolute Gasteiger partial charge is 0.0960 e. The molecule has 1 atom stereocenters. The Balaban J connectivity index is 2.14. The van der Waals surface area contributed by atoms with E-state index < -0.39 is 0 Å². The second-order valence-corrected chi connectivity index (χ2v) is 5.76. The minimum absolute atomic E-state index is 0.224. The molecule has 0 bridgehead atoms. The van der Waals surface area contributed by atoms with Gasteiger partial charge in [0.2, 0.25) is 0 Å². The van der Waals surface area contributed by atoms with E-state index in [4.69, 9.17) is 0 Å². The zero-order chi connectivity index (χ0) is 11.5. The summed E-state index contributed by atoms with van der Waals surface area (Å²) in [6.07, 6.45) is 5.51. The van der Waals surface area contributed by atoms with Crippen LogP contribution in [0.1, 0.15) is 23.0 Å². The fraction of sp³-hybridized carbons (Fsp3) is 0.300. The standard InChI is InChI=1S/C10H10Br2N4/c1-7(11)10-6-16(15-14-10)5-8-2-9(12)4-13-3-8/h2-4,6-7H,5H2,1H3. The molecule has 0 saturated heterocycles. The molecule has 2 heterocycles. The van der Waals surface area contributed by atoms with Gasteiger partial charge in [0.1, 0.15) is 0 Å². The van der Waals surface area contributed by atoms with Gasteiger partial charge in [-0.2, -0.15) is 0 Å². The lowest BCUT2D eigenvalue weighted by Crippen LogP contribution is -2.00. The molecule has 0 aliphatic heterocycles. The first-order chi connectivity index (χ1) is 7.65. The number of rotatable bonds is 3. The predicted octanol–water partition coefficient (Wildman–Crippen LogP) is 2.94. The van der Waals surface area contributed by atoms with Crippen molar-refractivity contribution in [2.45, 2.75) is 18.3 Å². The fourth-order valence-electron chi connectivity index (χ4n) is 1.30. The van der Waals surface area contributed by atoms with E-state index in [2.05, 4.69) is 47.2 Å². The van der Waals surface area contributed by atoms with Crippen molar-refractivity contribution < 1.29 is 0 Å². The summed E-state index contributed by atoms with van der Waals surface area (Å²) in [5, 5.41) is 8.12. The maximum atomic E-state index is 4.10. The van der Waals surface area contributed by atoms with Crippen LogP contribution in [0.5, 0.6) is 0 Å². The van der Waals surface area contributed by atoms with Crippen molar-refractivity contribution in [3.63, 3.8) is 0 Å². The largest absolute Gasteiger partial charge is 0.263 e. The third kappa shape index (κ3) is 2.89. The highest BCUT2D eigenvalue weighted by Gasteiger charge is 2.06. The van der Waals surface area contributed by atoms with Crippen LogP contribution in [0, 0.1) is 0 Å². The molecule has 2 rings (SSSR count). The van der Waals surface area contributed by atoms with E-state index in [1.54, 1.807) is 10.9 Å². The average molecular weight is 346 g/mol. The average Bonchev–Trinajstić information content (AvgIpc) is 2.66. The Morgan fingerprint density at radius 3 is 2.88 bits per heavy atom. The highest BCUT2D eigenvalue weighted by molar-refractivity contribution is 9.10. The Kier molecular flexibility index (Phi) is 3.70. The van der Waals surface area contributed by atoms with Crippen LogP contribution in [-0.4, -0.2) is 20.0 Å². The van der Waals surface area contributed by atoms with Crippen LogP contribution in [0.4, 0.5) is 0 Å². The fourth-order valence-corrected chi connectivity index (χ4v) is 1.92. The second kappa shape index (κ2) is 5.05. The monoisotopic (exact) mass is 344 g/mol. The summed E-state index contributed by atoms with van der Waals surface area (Å²) < 4.78 is 2.77. The van der Waals surface area contributed by atoms with Crippen molar-refractivity contribution in [3.05, 3.63) is 40.4 Å². The molecule has 0 aliphatic carbocycles. The highest BCUT2D eigenvalue weighted by atomic mass is 79.9. The molecular formula is C10H10Br2N4. The SMILES string of the molecule is CC(Br)c1cn(Cc2cncc(Br)c2)nn1. The molecule has 84 valence electrons. The summed E-state index contributed by atoms with van der Waals surface area (Å²) in [6.45, 7) is 2.70. The third-order valence-corrected chi connectivity index (χ3v) is 2.97. The first-order valence-corrected chi connectivity index (χ1v) is 6.49. The first-order valence-electron chi connectivity index (χ1n) is 4.78. The van der Waals surface area contributed by atoms with E-state index in [0.717, 1.165) is 15.7 Å². The molecule has 0 saturated carbocycles. The molecule has 0 fully saturated rings. The molecule has 6 heteroatoms. The molecule has 0 N–H and O–H groups in total. The van der Waals surface area contributed by atoms with Crippen LogP contribution in [-0.2, 0) is 6.54 Å². The van der Waals surface area contributed by atoms with E-state index in [9.17, 15) is 0 Å². The number of halogens is 2. The summed E-state index contributed by atoms with van der Waals surface area (Å²) in [5.41, 5.74) is 2.02. The number of alkyl halides is 1. The van der Waals surface area contributed by atoms with E-state index in [0.29, 0.717) is 6.54 Å². The molecule has 16 heavy (non-hydrogen) atoms. The summed E-state index contributed by atoms with van der Waals surface area (Å²) in [6, 6.07) is 2.02. The number of hydrogen-bond donors (Lipinski definition) is 0. The van der Waals surface area contributed by atoms with Gasteiger partial charge in [-0.15, -0.1) is 5.10 Å². The van der Waals surface area contributed by atoms with E-state index in [1.807, 2.05) is 25.4 Å². The maximum Gasteiger partial charge on any atom is 0.0960 e. The predicted molar refractivity (Wildman–Crippen MR) is 68.4 cm³/mol. The zero-order valence-electron chi connectivity index (χ0n) is 8.64. The second-order valence-electron chi connectivity index (χ2n) is 3.47. The van der Waals surface area contributed by atoms with Gasteiger partial charge in [0, 0.05) is 23.1 Å². The third-order valence-electron chi connectivity index (χ3n) is 2.07. The van der Waals surface area contributed by atoms with Crippen molar-refractivity contribution >= 4 is 31.9 Å². The van der Waals surface area contributed by atoms with Crippen LogP contribution in [0.15, 0.2) is 29.1 Å². The molecular weight excluding hydrogens is 336 g/mol. The molecule has 0 aromatic carbocycles. The maximum absolute atomic E-state index is 4.10. The van der Waals surface area contributed by atoms with Crippen LogP contribution in [0.25, 0.3) is 0 Å². The van der Waals surface area contributed by atoms with Crippen molar-refractivity contribution in [3.8, 4) is 0 Å². The number of nitrogens with zero attached hydrogens (tertiary/aromatic N) is 4. The van der Waals surface area contributed by atoms with Crippen LogP contribution in [0.3, 0.4) is 0 Å². The van der Waals surface area contributed by atoms with Gasteiger partial charge in [0.05, 0.1) is 17.1 Å². The Labute approximate surface area is 110 Å². The van der Waals surface area contributed by atoms with Crippen molar-refractivity contribution in [2.75, 3.05) is 0 Å². The van der Waals surface area contributed by atoms with Gasteiger partial charge in [-0.05, 0) is 34.5 Å². The number of hydrogen-bond acceptors (Lipinski definition) is 3. The normalized spacial score (nSPS) is 12.7. The first kappa shape index (κ1) is 11.7. The van der Waals surface area contributed by atoms with Gasteiger partial charge in [-0.1, -0.05) is 21.1 Å². The van der Waals surface area contributed by atoms with E-state index in [-0.39, 0.29) is 4.83 Å². The zero-order valence-corrected chi connectivity index (χ0v) is 11.8. The van der Waals surface area contributed by atoms with Gasteiger partial charge in [0.15, 0.2) is 0 Å².